The molecule has 0 amide bonds. The topological polar surface area (TPSA) is 99.1 Å². The summed E-state index contributed by atoms with van der Waals surface area (Å²) in [6.45, 7) is 14.1. The normalized spacial score (nSPS) is 47.1. The predicted octanol–water partition coefficient (Wildman–Crippen LogP) is 4.70. The zero-order chi connectivity index (χ0) is 26.4. The van der Waals surface area contributed by atoms with Gasteiger partial charge in [0.25, 0.3) is 6.29 Å². The van der Waals surface area contributed by atoms with Crippen LogP contribution in [0, 0.1) is 39.4 Å². The van der Waals surface area contributed by atoms with E-state index in [1.54, 1.807) is 0 Å². The van der Waals surface area contributed by atoms with Gasteiger partial charge in [-0.25, -0.2) is 4.79 Å². The van der Waals surface area contributed by atoms with Gasteiger partial charge in [-0.15, -0.1) is 0 Å². The minimum absolute atomic E-state index is 0.00244. The lowest BCUT2D eigenvalue weighted by Gasteiger charge is -2.70. The van der Waals surface area contributed by atoms with Crippen molar-refractivity contribution < 1.29 is 33.7 Å². The van der Waals surface area contributed by atoms with Crippen LogP contribution in [0.15, 0.2) is 11.1 Å². The van der Waals surface area contributed by atoms with Crippen molar-refractivity contribution in [2.75, 3.05) is 0 Å². The molecule has 7 nitrogen and oxygen atoms in total. The molecule has 0 aromatic carbocycles. The van der Waals surface area contributed by atoms with Gasteiger partial charge in [-0.05, 0) is 72.5 Å². The van der Waals surface area contributed by atoms with Crippen LogP contribution in [0.5, 0.6) is 0 Å². The third-order valence-electron chi connectivity index (χ3n) is 11.2. The van der Waals surface area contributed by atoms with Crippen LogP contribution in [0.4, 0.5) is 0 Å². The molecule has 0 unspecified atom stereocenters. The summed E-state index contributed by atoms with van der Waals surface area (Å²) in [5.41, 5.74) is 0.183. The minimum Gasteiger partial charge on any atom is -0.458 e. The third-order valence-corrected chi connectivity index (χ3v) is 11.2. The van der Waals surface area contributed by atoms with Crippen LogP contribution >= 0.6 is 0 Å². The van der Waals surface area contributed by atoms with Crippen LogP contribution < -0.4 is 0 Å². The molecule has 0 aromatic rings. The summed E-state index contributed by atoms with van der Waals surface area (Å²) in [5, 5.41) is 11.9. The molecule has 1 heterocycles. The number of aliphatic hydroxyl groups excluding tert-OH is 1. The van der Waals surface area contributed by atoms with Gasteiger partial charge in [0.05, 0.1) is 17.3 Å². The van der Waals surface area contributed by atoms with Crippen LogP contribution in [0.1, 0.15) is 93.4 Å². The molecule has 4 aliphatic carbocycles. The van der Waals surface area contributed by atoms with Gasteiger partial charge in [0.15, 0.2) is 0 Å². The van der Waals surface area contributed by atoms with Crippen LogP contribution in [-0.2, 0) is 28.6 Å². The number of fused-ring (bicyclic) bond motifs is 6. The van der Waals surface area contributed by atoms with E-state index in [2.05, 4.69) is 34.6 Å². The van der Waals surface area contributed by atoms with Gasteiger partial charge in [-0.2, -0.15) is 0 Å². The molecule has 1 aliphatic heterocycles. The minimum atomic E-state index is -1.19. The molecular weight excluding hydrogens is 460 g/mol. The predicted molar refractivity (Wildman–Crippen MR) is 131 cm³/mol. The van der Waals surface area contributed by atoms with E-state index in [0.29, 0.717) is 29.9 Å². The maximum atomic E-state index is 13.3. The number of ether oxygens (including phenoxy) is 3. The number of esters is 3. The highest BCUT2D eigenvalue weighted by atomic mass is 16.7. The Morgan fingerprint density at radius 3 is 2.22 bits per heavy atom. The van der Waals surface area contributed by atoms with Gasteiger partial charge in [0, 0.05) is 19.3 Å². The van der Waals surface area contributed by atoms with E-state index in [-0.39, 0.29) is 28.1 Å². The molecule has 9 atom stereocenters. The first-order chi connectivity index (χ1) is 16.6. The zero-order valence-corrected chi connectivity index (χ0v) is 22.8. The molecule has 7 heteroatoms. The van der Waals surface area contributed by atoms with Crippen LogP contribution in [-0.4, -0.2) is 41.5 Å². The lowest BCUT2D eigenvalue weighted by Crippen LogP contribution is -2.66. The molecule has 5 rings (SSSR count). The van der Waals surface area contributed by atoms with Gasteiger partial charge < -0.3 is 19.3 Å². The zero-order valence-electron chi connectivity index (χ0n) is 22.8. The molecule has 200 valence electrons. The summed E-state index contributed by atoms with van der Waals surface area (Å²) >= 11 is 0. The van der Waals surface area contributed by atoms with Crippen molar-refractivity contribution in [2.45, 2.75) is 112 Å². The van der Waals surface area contributed by atoms with Gasteiger partial charge in [-0.1, -0.05) is 41.0 Å². The number of hydrogen-bond donors (Lipinski definition) is 1. The first-order valence-electron chi connectivity index (χ1n) is 13.6. The summed E-state index contributed by atoms with van der Waals surface area (Å²) in [5.74, 6) is -0.927. The number of carbonyl (C=O) groups is 3. The first kappa shape index (κ1) is 25.7. The van der Waals surface area contributed by atoms with Crippen molar-refractivity contribution in [1.29, 1.82) is 0 Å². The maximum absolute atomic E-state index is 13.3. The quantitative estimate of drug-likeness (QED) is 0.547. The molecule has 36 heavy (non-hydrogen) atoms. The Morgan fingerprint density at radius 1 is 0.944 bits per heavy atom. The second kappa shape index (κ2) is 8.05. The molecule has 5 aliphatic rings. The van der Waals surface area contributed by atoms with E-state index in [9.17, 15) is 19.5 Å². The summed E-state index contributed by atoms with van der Waals surface area (Å²) in [6, 6.07) is 0. The number of aliphatic hydroxyl groups is 1. The Kier molecular flexibility index (Phi) is 5.76. The summed E-state index contributed by atoms with van der Waals surface area (Å²) < 4.78 is 16.7. The van der Waals surface area contributed by atoms with Gasteiger partial charge >= 0.3 is 17.9 Å². The second-order valence-corrected chi connectivity index (χ2v) is 13.7. The molecule has 0 aromatic heterocycles. The van der Waals surface area contributed by atoms with Crippen LogP contribution in [0.2, 0.25) is 0 Å². The number of hydrogen-bond acceptors (Lipinski definition) is 7. The molecular formula is C29H42O7. The van der Waals surface area contributed by atoms with E-state index < -0.39 is 41.8 Å². The number of carbonyl (C=O) groups excluding carboxylic acids is 3. The van der Waals surface area contributed by atoms with Gasteiger partial charge in [-0.3, -0.25) is 9.59 Å². The fourth-order valence-corrected chi connectivity index (χ4v) is 10.3. The highest BCUT2D eigenvalue weighted by molar-refractivity contribution is 5.95. The Bertz CT molecular complexity index is 1030. The molecule has 3 fully saturated rings. The van der Waals surface area contributed by atoms with E-state index in [4.69, 9.17) is 14.2 Å². The highest BCUT2D eigenvalue weighted by Gasteiger charge is 2.70. The van der Waals surface area contributed by atoms with E-state index in [1.165, 1.54) is 20.3 Å². The van der Waals surface area contributed by atoms with Crippen molar-refractivity contribution in [2.24, 2.45) is 39.4 Å². The summed E-state index contributed by atoms with van der Waals surface area (Å²) in [4.78, 5) is 37.3. The van der Waals surface area contributed by atoms with E-state index in [1.807, 2.05) is 0 Å². The van der Waals surface area contributed by atoms with Crippen molar-refractivity contribution in [3.63, 3.8) is 0 Å². The Balaban J connectivity index is 1.63. The number of cyclic esters (lactones) is 1. The second-order valence-electron chi connectivity index (χ2n) is 13.7. The third kappa shape index (κ3) is 3.44. The molecule has 0 bridgehead atoms. The van der Waals surface area contributed by atoms with E-state index >= 15 is 0 Å². The fraction of sp³-hybridized carbons (Fsp3) is 0.828. The van der Waals surface area contributed by atoms with Crippen molar-refractivity contribution in [3.8, 4) is 0 Å². The Hall–Kier alpha value is -1.89. The van der Waals surface area contributed by atoms with E-state index in [0.717, 1.165) is 25.7 Å². The Morgan fingerprint density at radius 2 is 1.58 bits per heavy atom. The first-order valence-corrected chi connectivity index (χ1v) is 13.6. The molecule has 1 N–H and O–H groups in total. The molecule has 0 saturated heterocycles. The lowest BCUT2D eigenvalue weighted by atomic mass is 9.35. The molecule has 3 saturated carbocycles. The fourth-order valence-electron chi connectivity index (χ4n) is 10.3. The highest BCUT2D eigenvalue weighted by Crippen LogP contribution is 2.73. The van der Waals surface area contributed by atoms with Crippen LogP contribution in [0.3, 0.4) is 0 Å². The molecule has 0 radical (unpaired) electrons. The maximum Gasteiger partial charge on any atom is 0.338 e. The van der Waals surface area contributed by atoms with Crippen molar-refractivity contribution >= 4 is 17.9 Å². The Labute approximate surface area is 214 Å². The number of rotatable bonds is 2. The van der Waals surface area contributed by atoms with Gasteiger partial charge in [0.1, 0.15) is 6.10 Å². The van der Waals surface area contributed by atoms with Gasteiger partial charge in [0.2, 0.25) is 0 Å². The monoisotopic (exact) mass is 502 g/mol. The smallest absolute Gasteiger partial charge is 0.338 e. The van der Waals surface area contributed by atoms with Crippen molar-refractivity contribution in [3.05, 3.63) is 11.1 Å². The molecule has 0 spiro atoms. The van der Waals surface area contributed by atoms with Crippen LogP contribution in [0.25, 0.3) is 0 Å². The summed E-state index contributed by atoms with van der Waals surface area (Å²) in [6.07, 6.45) is 4.00. The average molecular weight is 503 g/mol. The average Bonchev–Trinajstić information content (AvgIpc) is 3.04. The SMILES string of the molecule is CC(=O)O[C@@H]1OC(=O)C2=C1[C@@H](OC(C)=O)C[C@H]1[C@]3(C)CC[C@H]4C(C)(C)CCC[C@]4(C)[C@H]3[C@@H](O)C[C@]21C. The van der Waals surface area contributed by atoms with Crippen molar-refractivity contribution in [1.82, 2.24) is 0 Å². The standard InChI is InChI=1S/C29H42O7/c1-15(30)34-18-13-20-28(6)12-9-19-26(3,4)10-8-11-27(19,5)23(28)17(32)14-29(20,7)22-21(18)25(35-16(2)31)36-24(22)33/h17-20,23,25,32H,8-14H2,1-7H3/t17-,18-,19-,20-,23+,25+,27-,28-,29-/m0/s1. The lowest BCUT2D eigenvalue weighted by molar-refractivity contribution is -0.232. The summed E-state index contributed by atoms with van der Waals surface area (Å²) in [7, 11) is 0. The largest absolute Gasteiger partial charge is 0.458 e.